The lowest BCUT2D eigenvalue weighted by atomic mass is 9.78. The van der Waals surface area contributed by atoms with Crippen molar-refractivity contribution < 1.29 is 9.53 Å². The van der Waals surface area contributed by atoms with Crippen molar-refractivity contribution in [3.8, 4) is 11.8 Å². The van der Waals surface area contributed by atoms with Crippen LogP contribution in [0.3, 0.4) is 0 Å². The lowest BCUT2D eigenvalue weighted by Crippen LogP contribution is -2.28. The molecule has 2 heterocycles. The molecule has 4 nitrogen and oxygen atoms in total. The zero-order valence-corrected chi connectivity index (χ0v) is 14.8. The molecule has 0 radical (unpaired) electrons. The van der Waals surface area contributed by atoms with Gasteiger partial charge < -0.3 is 10.1 Å². The number of anilines is 1. The van der Waals surface area contributed by atoms with Crippen LogP contribution in [0.4, 0.5) is 5.69 Å². The standard InChI is InChI=1S/C21H22N2O2/c1-4-25-20(24)16-7-9-17(23-14-16)8-5-15-6-10-19-18(13-15)21(2,3)11-12-22-19/h6-7,9-10,13-14,22H,4,11-12H2,1-3H3. The molecule has 0 fully saturated rings. The van der Waals surface area contributed by atoms with Crippen LogP contribution in [0.5, 0.6) is 0 Å². The van der Waals surface area contributed by atoms with Gasteiger partial charge in [0.15, 0.2) is 0 Å². The van der Waals surface area contributed by atoms with E-state index in [1.54, 1.807) is 19.1 Å². The normalized spacial score (nSPS) is 14.5. The van der Waals surface area contributed by atoms with E-state index in [0.717, 1.165) is 18.5 Å². The summed E-state index contributed by atoms with van der Waals surface area (Å²) in [4.78, 5) is 15.9. The van der Waals surface area contributed by atoms with Gasteiger partial charge in [0.1, 0.15) is 5.69 Å². The molecule has 1 aliphatic heterocycles. The first-order chi connectivity index (χ1) is 12.0. The molecule has 1 N–H and O–H groups in total. The maximum absolute atomic E-state index is 11.6. The van der Waals surface area contributed by atoms with Gasteiger partial charge in [0.05, 0.1) is 12.2 Å². The van der Waals surface area contributed by atoms with Crippen LogP contribution >= 0.6 is 0 Å². The zero-order valence-electron chi connectivity index (χ0n) is 14.8. The Balaban J connectivity index is 1.81. The van der Waals surface area contributed by atoms with E-state index in [-0.39, 0.29) is 11.4 Å². The maximum atomic E-state index is 11.6. The van der Waals surface area contributed by atoms with E-state index < -0.39 is 0 Å². The molecule has 0 saturated heterocycles. The van der Waals surface area contributed by atoms with Crippen LogP contribution < -0.4 is 5.32 Å². The number of rotatable bonds is 2. The van der Waals surface area contributed by atoms with Gasteiger partial charge in [0, 0.05) is 24.0 Å². The molecule has 0 unspecified atom stereocenters. The predicted molar refractivity (Wildman–Crippen MR) is 98.7 cm³/mol. The summed E-state index contributed by atoms with van der Waals surface area (Å²) in [5.74, 6) is 5.86. The van der Waals surface area contributed by atoms with Gasteiger partial charge in [-0.1, -0.05) is 19.8 Å². The van der Waals surface area contributed by atoms with Crippen LogP contribution in [0.15, 0.2) is 36.5 Å². The van der Waals surface area contributed by atoms with E-state index in [4.69, 9.17) is 4.74 Å². The Kier molecular flexibility index (Phi) is 4.76. The number of hydrogen-bond donors (Lipinski definition) is 1. The molecule has 0 bridgehead atoms. The summed E-state index contributed by atoms with van der Waals surface area (Å²) in [7, 11) is 0. The maximum Gasteiger partial charge on any atom is 0.339 e. The third-order valence-electron chi connectivity index (χ3n) is 4.42. The molecule has 1 aliphatic rings. The first kappa shape index (κ1) is 17.0. The Bertz CT molecular complexity index is 842. The van der Waals surface area contributed by atoms with E-state index in [0.29, 0.717) is 17.9 Å². The fourth-order valence-electron chi connectivity index (χ4n) is 2.92. The molecular formula is C21H22N2O2. The third-order valence-corrected chi connectivity index (χ3v) is 4.42. The van der Waals surface area contributed by atoms with Gasteiger partial charge in [-0.15, -0.1) is 0 Å². The molecule has 0 atom stereocenters. The zero-order chi connectivity index (χ0) is 17.9. The van der Waals surface area contributed by atoms with Crippen molar-refractivity contribution in [2.24, 2.45) is 0 Å². The number of nitrogens with zero attached hydrogens (tertiary/aromatic N) is 1. The minimum absolute atomic E-state index is 0.151. The van der Waals surface area contributed by atoms with Gasteiger partial charge in [-0.2, -0.15) is 0 Å². The fraction of sp³-hybridized carbons (Fsp3) is 0.333. The Morgan fingerprint density at radius 1 is 1.28 bits per heavy atom. The molecule has 0 spiro atoms. The molecule has 4 heteroatoms. The van der Waals surface area contributed by atoms with Gasteiger partial charge in [-0.3, -0.25) is 0 Å². The number of esters is 1. The average Bonchev–Trinajstić information content (AvgIpc) is 2.61. The Morgan fingerprint density at radius 2 is 2.12 bits per heavy atom. The summed E-state index contributed by atoms with van der Waals surface area (Å²) < 4.78 is 4.95. The molecule has 0 amide bonds. The molecule has 0 saturated carbocycles. The van der Waals surface area contributed by atoms with Crippen molar-refractivity contribution in [2.45, 2.75) is 32.6 Å². The Labute approximate surface area is 148 Å². The quantitative estimate of drug-likeness (QED) is 0.671. The molecule has 128 valence electrons. The number of hydrogen-bond acceptors (Lipinski definition) is 4. The minimum Gasteiger partial charge on any atom is -0.462 e. The predicted octanol–water partition coefficient (Wildman–Crippen LogP) is 3.75. The van der Waals surface area contributed by atoms with Crippen molar-refractivity contribution in [3.05, 3.63) is 58.9 Å². The molecule has 1 aromatic carbocycles. The summed E-state index contributed by atoms with van der Waals surface area (Å²) in [5, 5.41) is 3.44. The summed E-state index contributed by atoms with van der Waals surface area (Å²) >= 11 is 0. The number of carbonyl (C=O) groups excluding carboxylic acids is 1. The van der Waals surface area contributed by atoms with Crippen molar-refractivity contribution in [2.75, 3.05) is 18.5 Å². The smallest absolute Gasteiger partial charge is 0.339 e. The summed E-state index contributed by atoms with van der Waals surface area (Å²) in [6, 6.07) is 9.70. The summed E-state index contributed by atoms with van der Waals surface area (Å²) in [6.45, 7) is 7.66. The second-order valence-electron chi connectivity index (χ2n) is 6.72. The van der Waals surface area contributed by atoms with E-state index in [1.807, 2.05) is 6.07 Å². The van der Waals surface area contributed by atoms with Crippen molar-refractivity contribution in [1.29, 1.82) is 0 Å². The molecule has 1 aromatic heterocycles. The number of pyridine rings is 1. The van der Waals surface area contributed by atoms with E-state index in [9.17, 15) is 4.79 Å². The van der Waals surface area contributed by atoms with Crippen molar-refractivity contribution >= 4 is 11.7 Å². The lowest BCUT2D eigenvalue weighted by Gasteiger charge is -2.33. The largest absolute Gasteiger partial charge is 0.462 e. The first-order valence-electron chi connectivity index (χ1n) is 8.53. The Morgan fingerprint density at radius 3 is 2.84 bits per heavy atom. The minimum atomic E-state index is -0.362. The highest BCUT2D eigenvalue weighted by molar-refractivity contribution is 5.89. The molecule has 2 aromatic rings. The van der Waals surface area contributed by atoms with Crippen LogP contribution in [-0.2, 0) is 10.2 Å². The molecule has 25 heavy (non-hydrogen) atoms. The van der Waals surface area contributed by atoms with Gasteiger partial charge in [-0.25, -0.2) is 9.78 Å². The van der Waals surface area contributed by atoms with Gasteiger partial charge in [-0.05, 0) is 60.6 Å². The molecular weight excluding hydrogens is 312 g/mol. The summed E-state index contributed by atoms with van der Waals surface area (Å²) in [5.41, 5.74) is 4.68. The van der Waals surface area contributed by atoms with Gasteiger partial charge in [0.2, 0.25) is 0 Å². The monoisotopic (exact) mass is 334 g/mol. The van der Waals surface area contributed by atoms with E-state index in [1.165, 1.54) is 17.4 Å². The van der Waals surface area contributed by atoms with Crippen molar-refractivity contribution in [3.63, 3.8) is 0 Å². The van der Waals surface area contributed by atoms with Crippen LogP contribution in [0.25, 0.3) is 0 Å². The SMILES string of the molecule is CCOC(=O)c1ccc(C#Cc2ccc3c(c2)C(C)(C)CCN3)nc1. The molecule has 3 rings (SSSR count). The second-order valence-corrected chi connectivity index (χ2v) is 6.72. The first-order valence-corrected chi connectivity index (χ1v) is 8.53. The van der Waals surface area contributed by atoms with E-state index in [2.05, 4.69) is 48.1 Å². The van der Waals surface area contributed by atoms with Gasteiger partial charge in [0.25, 0.3) is 0 Å². The van der Waals surface area contributed by atoms with Gasteiger partial charge >= 0.3 is 5.97 Å². The van der Waals surface area contributed by atoms with Crippen LogP contribution in [0, 0.1) is 11.8 Å². The number of fused-ring (bicyclic) bond motifs is 1. The number of benzene rings is 1. The Hall–Kier alpha value is -2.80. The third kappa shape index (κ3) is 3.83. The average molecular weight is 334 g/mol. The van der Waals surface area contributed by atoms with Crippen LogP contribution in [0.1, 0.15) is 54.4 Å². The number of nitrogens with one attached hydrogen (secondary N) is 1. The second kappa shape index (κ2) is 6.98. The van der Waals surface area contributed by atoms with E-state index >= 15 is 0 Å². The topological polar surface area (TPSA) is 51.2 Å². The highest BCUT2D eigenvalue weighted by Gasteiger charge is 2.27. The van der Waals surface area contributed by atoms with Crippen LogP contribution in [0.2, 0.25) is 0 Å². The highest BCUT2D eigenvalue weighted by atomic mass is 16.5. The molecule has 0 aliphatic carbocycles. The van der Waals surface area contributed by atoms with Crippen LogP contribution in [-0.4, -0.2) is 24.1 Å². The number of aromatic nitrogens is 1. The summed E-state index contributed by atoms with van der Waals surface area (Å²) in [6.07, 6.45) is 2.61. The number of carbonyl (C=O) groups is 1. The lowest BCUT2D eigenvalue weighted by molar-refractivity contribution is 0.0526. The number of ether oxygens (including phenoxy) is 1. The van der Waals surface area contributed by atoms with Crippen molar-refractivity contribution in [1.82, 2.24) is 4.98 Å². The highest BCUT2D eigenvalue weighted by Crippen LogP contribution is 2.36. The fourth-order valence-corrected chi connectivity index (χ4v) is 2.92.